The van der Waals surface area contributed by atoms with E-state index >= 15 is 0 Å². The first-order chi connectivity index (χ1) is 18.4. The summed E-state index contributed by atoms with van der Waals surface area (Å²) in [5.41, 5.74) is 1.50. The zero-order valence-corrected chi connectivity index (χ0v) is 23.6. The number of rotatable bonds is 4. The second-order valence-corrected chi connectivity index (χ2v) is 12.0. The van der Waals surface area contributed by atoms with Crippen molar-refractivity contribution in [1.29, 1.82) is 0 Å². The summed E-state index contributed by atoms with van der Waals surface area (Å²) in [7, 11) is 2.95. The second-order valence-electron chi connectivity index (χ2n) is 12.0. The van der Waals surface area contributed by atoms with Gasteiger partial charge >= 0.3 is 5.97 Å². The quantitative estimate of drug-likeness (QED) is 0.270. The fourth-order valence-electron chi connectivity index (χ4n) is 6.57. The topological polar surface area (TPSA) is 188 Å². The Morgan fingerprint density at radius 1 is 1.12 bits per heavy atom. The summed E-state index contributed by atoms with van der Waals surface area (Å²) in [4.78, 5) is 54.1. The molecule has 0 aliphatic heterocycles. The normalized spacial score (nSPS) is 30.2. The van der Waals surface area contributed by atoms with Gasteiger partial charge in [-0.15, -0.1) is 0 Å². The lowest BCUT2D eigenvalue weighted by Crippen LogP contribution is -2.71. The van der Waals surface area contributed by atoms with Crippen molar-refractivity contribution in [3.63, 3.8) is 0 Å². The summed E-state index contributed by atoms with van der Waals surface area (Å²) in [5.74, 6) is -9.65. The van der Waals surface area contributed by atoms with Crippen molar-refractivity contribution in [2.24, 2.45) is 17.6 Å². The molecule has 0 heterocycles. The molecule has 0 spiro atoms. The average Bonchev–Trinajstić information content (AvgIpc) is 2.84. The first kappa shape index (κ1) is 29.3. The van der Waals surface area contributed by atoms with Crippen LogP contribution in [0.5, 0.6) is 5.75 Å². The first-order valence-corrected chi connectivity index (χ1v) is 13.1. The predicted molar refractivity (Wildman–Crippen MR) is 143 cm³/mol. The predicted octanol–water partition coefficient (Wildman–Crippen LogP) is 1.75. The summed E-state index contributed by atoms with van der Waals surface area (Å²) < 4.78 is 5.82. The number of hydrogen-bond acceptors (Lipinski definition) is 10. The van der Waals surface area contributed by atoms with Crippen molar-refractivity contribution in [2.75, 3.05) is 14.1 Å². The molecule has 216 valence electrons. The molecule has 1 fully saturated rings. The number of nitrogens with two attached hydrogens (primary N) is 1. The summed E-state index contributed by atoms with van der Waals surface area (Å²) in [6.45, 7) is 8.85. The Kier molecular flexibility index (Phi) is 6.92. The molecule has 1 aromatic rings. The van der Waals surface area contributed by atoms with E-state index in [2.05, 4.69) is 0 Å². The maximum atomic E-state index is 14.3. The van der Waals surface area contributed by atoms with Crippen molar-refractivity contribution < 1.29 is 44.3 Å². The lowest BCUT2D eigenvalue weighted by Gasteiger charge is -2.54. The lowest BCUT2D eigenvalue weighted by atomic mass is 9.54. The number of likely N-dealkylation sites (N-methyl/N-ethyl adjacent to an activating group) is 1. The van der Waals surface area contributed by atoms with Gasteiger partial charge in [0.15, 0.2) is 11.4 Å². The number of benzene rings is 1. The van der Waals surface area contributed by atoms with Crippen LogP contribution >= 0.6 is 0 Å². The molecule has 40 heavy (non-hydrogen) atoms. The summed E-state index contributed by atoms with van der Waals surface area (Å²) >= 11 is 0. The van der Waals surface area contributed by atoms with E-state index in [9.17, 15) is 39.6 Å². The minimum atomic E-state index is -2.96. The first-order valence-electron chi connectivity index (χ1n) is 13.1. The fourth-order valence-corrected chi connectivity index (χ4v) is 6.57. The number of ether oxygens (including phenoxy) is 1. The Balaban J connectivity index is 2.13. The van der Waals surface area contributed by atoms with E-state index in [1.807, 2.05) is 20.8 Å². The van der Waals surface area contributed by atoms with E-state index in [1.165, 1.54) is 19.0 Å². The van der Waals surface area contributed by atoms with Crippen molar-refractivity contribution >= 4 is 29.2 Å². The number of carbonyl (C=O) groups is 4. The zero-order valence-electron chi connectivity index (χ0n) is 23.6. The Hall–Kier alpha value is -3.70. The monoisotopic (exact) mass is 556 g/mol. The van der Waals surface area contributed by atoms with Crippen LogP contribution in [0.1, 0.15) is 63.6 Å². The molecule has 11 heteroatoms. The van der Waals surface area contributed by atoms with Gasteiger partial charge in [-0.1, -0.05) is 46.8 Å². The van der Waals surface area contributed by atoms with Crippen molar-refractivity contribution in [3.8, 4) is 5.75 Å². The average molecular weight is 557 g/mol. The number of carbonyl (C=O) groups excluding carboxylic acids is 4. The number of hydrogen-bond donors (Lipinski definition) is 5. The molecule has 1 amide bonds. The van der Waals surface area contributed by atoms with Gasteiger partial charge in [0.2, 0.25) is 5.78 Å². The SMILES string of the molecule is CCC(=O)O[C@H]1[C@H]2C(=C(O)c3c(ccc(C(C)(C)C)c3O)[C@@H]2C)C(=O)[C@]2(O)C(O)=C(C(N)=O)C(=O)[C@@H](N(C)C)[C@H]12. The molecule has 11 nitrogen and oxygen atoms in total. The van der Waals surface area contributed by atoms with Crippen LogP contribution in [-0.4, -0.2) is 80.6 Å². The number of aromatic hydroxyl groups is 1. The van der Waals surface area contributed by atoms with Gasteiger partial charge in [-0.25, -0.2) is 0 Å². The van der Waals surface area contributed by atoms with E-state index in [-0.39, 0.29) is 17.7 Å². The summed E-state index contributed by atoms with van der Waals surface area (Å²) in [6.07, 6.45) is -1.49. The molecule has 1 saturated carbocycles. The number of aliphatic hydroxyl groups excluding tert-OH is 2. The van der Waals surface area contributed by atoms with Gasteiger partial charge in [0, 0.05) is 23.5 Å². The zero-order chi connectivity index (χ0) is 30.2. The highest BCUT2D eigenvalue weighted by molar-refractivity contribution is 6.24. The summed E-state index contributed by atoms with van der Waals surface area (Å²) in [6, 6.07) is 2.03. The van der Waals surface area contributed by atoms with Gasteiger partial charge in [0.05, 0.1) is 17.5 Å². The Morgan fingerprint density at radius 2 is 1.73 bits per heavy atom. The lowest BCUT2D eigenvalue weighted by molar-refractivity contribution is -0.185. The third kappa shape index (κ3) is 3.86. The molecule has 3 aliphatic carbocycles. The summed E-state index contributed by atoms with van der Waals surface area (Å²) in [5, 5.41) is 46.1. The Bertz CT molecular complexity index is 1400. The van der Waals surface area contributed by atoms with Crippen LogP contribution in [0, 0.1) is 11.8 Å². The number of esters is 1. The van der Waals surface area contributed by atoms with Crippen LogP contribution in [0.25, 0.3) is 5.76 Å². The number of nitrogens with zero attached hydrogens (tertiary/aromatic N) is 1. The number of phenols is 1. The molecular weight excluding hydrogens is 520 g/mol. The molecule has 0 unspecified atom stereocenters. The largest absolute Gasteiger partial charge is 0.508 e. The number of phenolic OH excluding ortho intramolecular Hbond substituents is 1. The molecule has 0 saturated heterocycles. The Morgan fingerprint density at radius 3 is 2.23 bits per heavy atom. The number of primary amides is 1. The van der Waals surface area contributed by atoms with Gasteiger partial charge in [0.1, 0.15) is 28.9 Å². The van der Waals surface area contributed by atoms with Crippen LogP contribution in [-0.2, 0) is 29.3 Å². The second kappa shape index (κ2) is 9.45. The third-order valence-electron chi connectivity index (χ3n) is 8.47. The third-order valence-corrected chi connectivity index (χ3v) is 8.47. The van der Waals surface area contributed by atoms with Crippen molar-refractivity contribution in [2.45, 2.75) is 70.1 Å². The van der Waals surface area contributed by atoms with Crippen molar-refractivity contribution in [3.05, 3.63) is 45.7 Å². The van der Waals surface area contributed by atoms with E-state index in [1.54, 1.807) is 26.0 Å². The molecule has 4 rings (SSSR count). The van der Waals surface area contributed by atoms with E-state index in [0.717, 1.165) is 0 Å². The van der Waals surface area contributed by atoms with E-state index in [4.69, 9.17) is 10.5 Å². The number of fused-ring (bicyclic) bond motifs is 3. The minimum absolute atomic E-state index is 0.0169. The van der Waals surface area contributed by atoms with E-state index < -0.39 is 87.0 Å². The highest BCUT2D eigenvalue weighted by Crippen LogP contribution is 2.57. The van der Waals surface area contributed by atoms with Gasteiger partial charge in [-0.2, -0.15) is 0 Å². The number of ketones is 2. The van der Waals surface area contributed by atoms with Crippen LogP contribution in [0.3, 0.4) is 0 Å². The molecule has 0 radical (unpaired) electrons. The standard InChI is InChI=1S/C29H36N2O9/c1-8-14(32)40-24-15-11(2)12-9-10-13(28(3,4)5)21(33)16(12)22(34)17(15)25(36)29(39)19(24)20(31(6)7)23(35)18(26(29)37)27(30)38/h9-11,15,19-20,24,33-34,37,39H,8H2,1-7H3,(H2,30,38)/t11-,15+,19+,20-,24-,29-/m0/s1. The van der Waals surface area contributed by atoms with Crippen LogP contribution in [0.2, 0.25) is 0 Å². The van der Waals surface area contributed by atoms with Gasteiger partial charge in [0.25, 0.3) is 5.91 Å². The van der Waals surface area contributed by atoms with Crippen molar-refractivity contribution in [1.82, 2.24) is 4.90 Å². The Labute approximate surface area is 231 Å². The molecule has 0 aromatic heterocycles. The van der Waals surface area contributed by atoms with E-state index in [0.29, 0.717) is 11.1 Å². The number of aliphatic hydroxyl groups is 3. The molecule has 0 bridgehead atoms. The number of amides is 1. The molecule has 1 aromatic carbocycles. The van der Waals surface area contributed by atoms with Crippen LogP contribution < -0.4 is 5.73 Å². The molecular formula is C29H36N2O9. The highest BCUT2D eigenvalue weighted by atomic mass is 16.5. The maximum Gasteiger partial charge on any atom is 0.305 e. The molecule has 6 atom stereocenters. The smallest absolute Gasteiger partial charge is 0.305 e. The van der Waals surface area contributed by atoms with Gasteiger partial charge < -0.3 is 30.9 Å². The molecule has 6 N–H and O–H groups in total. The maximum absolute atomic E-state index is 14.3. The van der Waals surface area contributed by atoms with Crippen LogP contribution in [0.15, 0.2) is 29.0 Å². The highest BCUT2D eigenvalue weighted by Gasteiger charge is 2.69. The van der Waals surface area contributed by atoms with Crippen LogP contribution in [0.4, 0.5) is 0 Å². The fraction of sp³-hybridized carbons (Fsp3) is 0.517. The van der Waals surface area contributed by atoms with Gasteiger partial charge in [-0.05, 0) is 31.0 Å². The van der Waals surface area contributed by atoms with Gasteiger partial charge in [-0.3, -0.25) is 24.1 Å². The minimum Gasteiger partial charge on any atom is -0.508 e. The number of Topliss-reactive ketones (excluding diaryl/α,β-unsaturated/α-hetero) is 2. The molecule has 3 aliphatic rings.